The van der Waals surface area contributed by atoms with Crippen LogP contribution in [0.15, 0.2) is 33.9 Å². The van der Waals surface area contributed by atoms with Gasteiger partial charge in [-0.3, -0.25) is 4.79 Å². The van der Waals surface area contributed by atoms with Crippen molar-refractivity contribution in [1.82, 2.24) is 0 Å². The van der Waals surface area contributed by atoms with Gasteiger partial charge in [-0.1, -0.05) is 17.7 Å². The second kappa shape index (κ2) is 8.76. The van der Waals surface area contributed by atoms with E-state index in [2.05, 4.69) is 20.8 Å². The summed E-state index contributed by atoms with van der Waals surface area (Å²) in [4.78, 5) is 38.8. The molecule has 2 aromatic heterocycles. The fourth-order valence-corrected chi connectivity index (χ4v) is 3.82. The number of rotatable bonds is 5. The van der Waals surface area contributed by atoms with Crippen molar-refractivity contribution in [2.45, 2.75) is 27.7 Å². The number of hydrogen-bond acceptors (Lipinski definition) is 6. The molecular weight excluding hydrogens is 396 g/mol. The van der Waals surface area contributed by atoms with Crippen LogP contribution >= 0.6 is 11.3 Å². The summed E-state index contributed by atoms with van der Waals surface area (Å²) >= 11 is 1.11. The number of nitrogens with zero attached hydrogens (tertiary/aromatic N) is 1. The summed E-state index contributed by atoms with van der Waals surface area (Å²) in [6.45, 7) is 7.64. The Hall–Kier alpha value is -3.37. The highest BCUT2D eigenvalue weighted by Crippen LogP contribution is 2.25. The third-order valence-corrected chi connectivity index (χ3v) is 5.20. The maximum absolute atomic E-state index is 12.7. The van der Waals surface area contributed by atoms with Crippen LogP contribution in [0.4, 0.5) is 16.7 Å². The largest absolute Gasteiger partial charge is 0.428 e. The average molecular weight is 417 g/mol. The fraction of sp³-hybridized carbons (Fsp3) is 0.211. The summed E-state index contributed by atoms with van der Waals surface area (Å²) in [6.07, 6.45) is 0. The van der Waals surface area contributed by atoms with Gasteiger partial charge >= 0.3 is 11.0 Å². The van der Waals surface area contributed by atoms with E-state index in [4.69, 9.17) is 4.42 Å². The minimum Gasteiger partial charge on any atom is -0.428 e. The molecule has 1 aromatic carbocycles. The zero-order valence-corrected chi connectivity index (χ0v) is 17.1. The topological polar surface area (TPSA) is 146 Å². The number of aromatic nitrogens is 1. The van der Waals surface area contributed by atoms with Crippen LogP contribution in [0, 0.1) is 32.6 Å². The van der Waals surface area contributed by atoms with Crippen molar-refractivity contribution in [3.05, 3.63) is 62.2 Å². The number of nitroso groups, excluding NO2 is 1. The monoisotopic (exact) mass is 417 g/mol. The van der Waals surface area contributed by atoms with Gasteiger partial charge < -0.3 is 15.2 Å². The first kappa shape index (κ1) is 21.9. The molecule has 29 heavy (non-hydrogen) atoms. The van der Waals surface area contributed by atoms with Crippen molar-refractivity contribution in [2.75, 3.05) is 10.6 Å². The standard InChI is InChI=1S/C19H18N4O4S.H2O/c1-9-7-10(2)15(11(3)8-9)21-18(25)16-12(4)20-19(28-16)22-17(24)13-5-6-14(23-26)27-13;/h5-8H,1-4H3,(H,21,25)(H,20,22,24);1H2/p+1. The fourth-order valence-electron chi connectivity index (χ4n) is 2.92. The molecule has 0 radical (unpaired) electrons. The highest BCUT2D eigenvalue weighted by atomic mass is 32.1. The summed E-state index contributed by atoms with van der Waals surface area (Å²) < 4.78 is 4.99. The van der Waals surface area contributed by atoms with E-state index in [1.54, 1.807) is 6.92 Å². The van der Waals surface area contributed by atoms with Crippen LogP contribution in [0.3, 0.4) is 0 Å². The number of H-pyrrole nitrogens is 1. The highest BCUT2D eigenvalue weighted by molar-refractivity contribution is 7.17. The quantitative estimate of drug-likeness (QED) is 0.612. The van der Waals surface area contributed by atoms with Crippen LogP contribution in [0.25, 0.3) is 0 Å². The van der Waals surface area contributed by atoms with Gasteiger partial charge in [0.05, 0.1) is 0 Å². The highest BCUT2D eigenvalue weighted by Gasteiger charge is 2.24. The third-order valence-electron chi connectivity index (χ3n) is 4.10. The minimum atomic E-state index is -0.551. The molecule has 10 heteroatoms. The molecule has 2 amide bonds. The Kier molecular flexibility index (Phi) is 6.62. The summed E-state index contributed by atoms with van der Waals surface area (Å²) in [6, 6.07) is 6.67. The molecule has 0 saturated heterocycles. The van der Waals surface area contributed by atoms with Crippen molar-refractivity contribution in [3.63, 3.8) is 0 Å². The average Bonchev–Trinajstić information content (AvgIpc) is 3.24. The second-order valence-electron chi connectivity index (χ2n) is 6.42. The van der Waals surface area contributed by atoms with Gasteiger partial charge in [0.2, 0.25) is 5.76 Å². The first-order valence-corrected chi connectivity index (χ1v) is 9.26. The van der Waals surface area contributed by atoms with Gasteiger partial charge in [-0.2, -0.15) is 5.32 Å². The van der Waals surface area contributed by atoms with E-state index in [0.717, 1.165) is 33.7 Å². The predicted octanol–water partition coefficient (Wildman–Crippen LogP) is 3.47. The molecule has 0 aliphatic carbocycles. The molecule has 0 saturated carbocycles. The van der Waals surface area contributed by atoms with Crippen LogP contribution in [0.5, 0.6) is 0 Å². The van der Waals surface area contributed by atoms with Crippen LogP contribution in [-0.4, -0.2) is 17.3 Å². The lowest BCUT2D eigenvalue weighted by Gasteiger charge is -2.12. The normalized spacial score (nSPS) is 10.2. The Balaban J connectivity index is 0.00000300. The lowest BCUT2D eigenvalue weighted by Crippen LogP contribution is -2.18. The number of aryl methyl sites for hydroxylation is 4. The molecule has 152 valence electrons. The number of carbonyl (C=O) groups is 2. The summed E-state index contributed by atoms with van der Waals surface area (Å²) in [5.74, 6) is -1.05. The van der Waals surface area contributed by atoms with Gasteiger partial charge in [0.25, 0.3) is 11.8 Å². The van der Waals surface area contributed by atoms with Gasteiger partial charge in [-0.05, 0) is 56.2 Å². The Morgan fingerprint density at radius 1 is 1.03 bits per heavy atom. The number of aromatic amines is 1. The maximum atomic E-state index is 12.7. The van der Waals surface area contributed by atoms with Crippen molar-refractivity contribution < 1.29 is 24.5 Å². The SMILES string of the molecule is Cc1cc(C)c(NC(=O)c2sc(NC(=O)c3ccc(N=O)o3)[nH+]c2C)c(C)c1.O. The molecule has 0 aliphatic heterocycles. The minimum absolute atomic E-state index is 0. The third kappa shape index (κ3) is 4.73. The zero-order valence-electron chi connectivity index (χ0n) is 16.3. The number of nitrogens with one attached hydrogen (secondary N) is 3. The van der Waals surface area contributed by atoms with Crippen LogP contribution in [0.2, 0.25) is 0 Å². The number of furan rings is 1. The zero-order chi connectivity index (χ0) is 20.4. The molecule has 2 heterocycles. The van der Waals surface area contributed by atoms with Gasteiger partial charge in [-0.15, -0.1) is 4.91 Å². The molecule has 5 N–H and O–H groups in total. The summed E-state index contributed by atoms with van der Waals surface area (Å²) in [5, 5.41) is 8.56. The molecule has 9 nitrogen and oxygen atoms in total. The number of hydrogen-bond donors (Lipinski definition) is 2. The Bertz CT molecular complexity index is 1060. The van der Waals surface area contributed by atoms with E-state index in [0.29, 0.717) is 15.7 Å². The van der Waals surface area contributed by atoms with Crippen molar-refractivity contribution in [3.8, 4) is 0 Å². The van der Waals surface area contributed by atoms with E-state index >= 15 is 0 Å². The number of benzene rings is 1. The van der Waals surface area contributed by atoms with E-state index in [1.807, 2.05) is 32.9 Å². The first-order chi connectivity index (χ1) is 13.3. The number of anilines is 2. The molecule has 0 fully saturated rings. The molecule has 3 aromatic rings. The first-order valence-electron chi connectivity index (χ1n) is 8.45. The van der Waals surface area contributed by atoms with Crippen LogP contribution in [-0.2, 0) is 0 Å². The van der Waals surface area contributed by atoms with E-state index in [9.17, 15) is 14.5 Å². The molecule has 3 rings (SSSR count). The molecule has 0 atom stereocenters. The lowest BCUT2D eigenvalue weighted by molar-refractivity contribution is -0.364. The predicted molar refractivity (Wildman–Crippen MR) is 110 cm³/mol. The van der Waals surface area contributed by atoms with E-state index < -0.39 is 5.91 Å². The van der Waals surface area contributed by atoms with Gasteiger partial charge in [0.1, 0.15) is 10.6 Å². The Morgan fingerprint density at radius 3 is 2.28 bits per heavy atom. The van der Waals surface area contributed by atoms with Crippen LogP contribution in [0.1, 0.15) is 42.6 Å². The Labute approximate surface area is 170 Å². The van der Waals surface area contributed by atoms with E-state index in [-0.39, 0.29) is 23.0 Å². The molecular formula is C19H21N4O5S+. The number of carbonyl (C=O) groups excluding carboxylic acids is 2. The maximum Gasteiger partial charge on any atom is 0.375 e. The molecule has 0 bridgehead atoms. The second-order valence-corrected chi connectivity index (χ2v) is 7.44. The molecule has 0 unspecified atom stereocenters. The van der Waals surface area contributed by atoms with Gasteiger partial charge in [0, 0.05) is 16.9 Å². The van der Waals surface area contributed by atoms with Crippen LogP contribution < -0.4 is 15.6 Å². The Morgan fingerprint density at radius 2 is 1.69 bits per heavy atom. The van der Waals surface area contributed by atoms with E-state index in [1.165, 1.54) is 12.1 Å². The molecule has 0 aliphatic rings. The van der Waals surface area contributed by atoms with Crippen molar-refractivity contribution >= 4 is 39.9 Å². The lowest BCUT2D eigenvalue weighted by atomic mass is 10.1. The smallest absolute Gasteiger partial charge is 0.375 e. The van der Waals surface area contributed by atoms with Crippen molar-refractivity contribution in [2.24, 2.45) is 5.18 Å². The molecule has 0 spiro atoms. The van der Waals surface area contributed by atoms with Gasteiger partial charge in [-0.25, -0.2) is 9.78 Å². The van der Waals surface area contributed by atoms with Gasteiger partial charge in [0.15, 0.2) is 0 Å². The number of amides is 2. The number of thiazole rings is 1. The van der Waals surface area contributed by atoms with Crippen molar-refractivity contribution in [1.29, 1.82) is 0 Å². The summed E-state index contributed by atoms with van der Waals surface area (Å²) in [5.41, 5.74) is 4.49. The summed E-state index contributed by atoms with van der Waals surface area (Å²) in [7, 11) is 0.